The summed E-state index contributed by atoms with van der Waals surface area (Å²) in [6.45, 7) is 10.5. The number of hydrogen-bond donors (Lipinski definition) is 1. The van der Waals surface area contributed by atoms with Crippen LogP contribution in [0.4, 0.5) is 0 Å². The van der Waals surface area contributed by atoms with Gasteiger partial charge in [-0.3, -0.25) is 4.90 Å². The maximum absolute atomic E-state index is 6.12. The van der Waals surface area contributed by atoms with Crippen LogP contribution in [0.15, 0.2) is 0 Å². The summed E-state index contributed by atoms with van der Waals surface area (Å²) < 4.78 is 0. The van der Waals surface area contributed by atoms with Gasteiger partial charge in [0.1, 0.15) is 0 Å². The summed E-state index contributed by atoms with van der Waals surface area (Å²) in [5.41, 5.74) is 7.01. The van der Waals surface area contributed by atoms with Gasteiger partial charge in [0.05, 0.1) is 0 Å². The second-order valence-corrected chi connectivity index (χ2v) is 6.59. The van der Waals surface area contributed by atoms with Gasteiger partial charge in [0.2, 0.25) is 0 Å². The highest BCUT2D eigenvalue weighted by atomic mass is 15.2. The van der Waals surface area contributed by atoms with Gasteiger partial charge < -0.3 is 5.73 Å². The van der Waals surface area contributed by atoms with Gasteiger partial charge in [-0.05, 0) is 56.5 Å². The molecule has 2 fully saturated rings. The minimum atomic E-state index is 0.344. The van der Waals surface area contributed by atoms with Crippen LogP contribution in [0.2, 0.25) is 0 Å². The summed E-state index contributed by atoms with van der Waals surface area (Å²) in [6.07, 6.45) is 6.72. The topological polar surface area (TPSA) is 29.3 Å². The lowest BCUT2D eigenvalue weighted by atomic mass is 9.79. The molecule has 0 aromatic carbocycles. The van der Waals surface area contributed by atoms with Crippen LogP contribution in [-0.2, 0) is 0 Å². The van der Waals surface area contributed by atoms with E-state index in [2.05, 4.69) is 25.7 Å². The minimum absolute atomic E-state index is 0.344. The Bertz CT molecular complexity index is 229. The van der Waals surface area contributed by atoms with Crippen LogP contribution < -0.4 is 5.73 Å². The second-order valence-electron chi connectivity index (χ2n) is 6.59. The molecule has 16 heavy (non-hydrogen) atoms. The van der Waals surface area contributed by atoms with E-state index < -0.39 is 0 Å². The molecule has 1 heterocycles. The molecule has 1 saturated carbocycles. The minimum Gasteiger partial charge on any atom is -0.329 e. The molecule has 2 rings (SSSR count). The molecular formula is C14H28N2. The maximum Gasteiger partial charge on any atom is 0.0357 e. The Morgan fingerprint density at radius 2 is 1.81 bits per heavy atom. The molecule has 94 valence electrons. The standard InChI is InChI=1S/C14H28N2/c1-4-14(11-15,12-5-6-12)16-9-7-13(2,3)8-10-16/h12H,4-11,15H2,1-3H3. The first kappa shape index (κ1) is 12.4. The van der Waals surface area contributed by atoms with Crippen molar-refractivity contribution in [3.63, 3.8) is 0 Å². The van der Waals surface area contributed by atoms with Crippen molar-refractivity contribution >= 4 is 0 Å². The highest BCUT2D eigenvalue weighted by molar-refractivity contribution is 5.04. The summed E-state index contributed by atoms with van der Waals surface area (Å²) in [5, 5.41) is 0. The van der Waals surface area contributed by atoms with Crippen molar-refractivity contribution in [2.75, 3.05) is 19.6 Å². The fourth-order valence-electron chi connectivity index (χ4n) is 3.39. The molecule has 0 aromatic rings. The third-order valence-corrected chi connectivity index (χ3v) is 5.05. The fourth-order valence-corrected chi connectivity index (χ4v) is 3.39. The number of hydrogen-bond acceptors (Lipinski definition) is 2. The van der Waals surface area contributed by atoms with Crippen LogP contribution in [-0.4, -0.2) is 30.1 Å². The van der Waals surface area contributed by atoms with E-state index in [0.717, 1.165) is 12.5 Å². The lowest BCUT2D eigenvalue weighted by molar-refractivity contribution is 0.0156. The van der Waals surface area contributed by atoms with Crippen LogP contribution in [0.5, 0.6) is 0 Å². The Hall–Kier alpha value is -0.0800. The van der Waals surface area contributed by atoms with Gasteiger partial charge >= 0.3 is 0 Å². The van der Waals surface area contributed by atoms with Crippen LogP contribution in [0.1, 0.15) is 52.9 Å². The van der Waals surface area contributed by atoms with Gasteiger partial charge in [-0.15, -0.1) is 0 Å². The molecule has 1 unspecified atom stereocenters. The average molecular weight is 224 g/mol. The first-order valence-corrected chi connectivity index (χ1v) is 6.99. The van der Waals surface area contributed by atoms with E-state index in [1.807, 2.05) is 0 Å². The van der Waals surface area contributed by atoms with E-state index in [4.69, 9.17) is 5.73 Å². The smallest absolute Gasteiger partial charge is 0.0357 e. The zero-order chi connectivity index (χ0) is 11.8. The molecule has 0 aromatic heterocycles. The van der Waals surface area contributed by atoms with Gasteiger partial charge in [0.15, 0.2) is 0 Å². The van der Waals surface area contributed by atoms with Gasteiger partial charge in [0, 0.05) is 12.1 Å². The van der Waals surface area contributed by atoms with Gasteiger partial charge in [-0.25, -0.2) is 0 Å². The Kier molecular flexibility index (Phi) is 3.33. The number of nitrogens with zero attached hydrogens (tertiary/aromatic N) is 1. The SMILES string of the molecule is CCC(CN)(C1CC1)N1CCC(C)(C)CC1. The van der Waals surface area contributed by atoms with Crippen LogP contribution in [0.3, 0.4) is 0 Å². The van der Waals surface area contributed by atoms with Gasteiger partial charge in [-0.1, -0.05) is 20.8 Å². The van der Waals surface area contributed by atoms with Crippen molar-refractivity contribution in [3.05, 3.63) is 0 Å². The summed E-state index contributed by atoms with van der Waals surface area (Å²) in [6, 6.07) is 0. The normalized spacial score (nSPS) is 30.0. The Labute approximate surface area is 101 Å². The van der Waals surface area contributed by atoms with Crippen molar-refractivity contribution in [2.45, 2.75) is 58.4 Å². The Morgan fingerprint density at radius 3 is 2.19 bits per heavy atom. The van der Waals surface area contributed by atoms with E-state index in [-0.39, 0.29) is 0 Å². The first-order chi connectivity index (χ1) is 7.54. The number of nitrogens with two attached hydrogens (primary N) is 1. The van der Waals surface area contributed by atoms with Crippen molar-refractivity contribution in [2.24, 2.45) is 17.1 Å². The predicted octanol–water partition coefficient (Wildman–Crippen LogP) is 2.63. The van der Waals surface area contributed by atoms with Crippen LogP contribution in [0, 0.1) is 11.3 Å². The quantitative estimate of drug-likeness (QED) is 0.795. The Morgan fingerprint density at radius 1 is 1.25 bits per heavy atom. The van der Waals surface area contributed by atoms with Crippen LogP contribution >= 0.6 is 0 Å². The molecule has 1 aliphatic heterocycles. The predicted molar refractivity (Wildman–Crippen MR) is 69.4 cm³/mol. The van der Waals surface area contributed by atoms with Gasteiger partial charge in [0.25, 0.3) is 0 Å². The second kappa shape index (κ2) is 4.30. The molecule has 0 amide bonds. The monoisotopic (exact) mass is 224 g/mol. The molecule has 2 nitrogen and oxygen atoms in total. The highest BCUT2D eigenvalue weighted by Gasteiger charge is 2.48. The molecule has 1 atom stereocenters. The number of rotatable bonds is 4. The maximum atomic E-state index is 6.12. The molecule has 0 bridgehead atoms. The molecule has 1 aliphatic carbocycles. The van der Waals surface area contributed by atoms with Crippen molar-refractivity contribution in [3.8, 4) is 0 Å². The summed E-state index contributed by atoms with van der Waals surface area (Å²) in [4.78, 5) is 2.72. The molecule has 1 saturated heterocycles. The average Bonchev–Trinajstić information content (AvgIpc) is 3.07. The van der Waals surface area contributed by atoms with Crippen molar-refractivity contribution < 1.29 is 0 Å². The van der Waals surface area contributed by atoms with E-state index in [1.54, 1.807) is 0 Å². The zero-order valence-corrected chi connectivity index (χ0v) is 11.3. The van der Waals surface area contributed by atoms with Gasteiger partial charge in [-0.2, -0.15) is 0 Å². The third kappa shape index (κ3) is 2.14. The Balaban J connectivity index is 2.04. The lowest BCUT2D eigenvalue weighted by Gasteiger charge is -2.48. The molecule has 2 heteroatoms. The van der Waals surface area contributed by atoms with E-state index in [0.29, 0.717) is 11.0 Å². The number of likely N-dealkylation sites (tertiary alicyclic amines) is 1. The van der Waals surface area contributed by atoms with E-state index >= 15 is 0 Å². The summed E-state index contributed by atoms with van der Waals surface area (Å²) in [7, 11) is 0. The molecule has 2 aliphatic rings. The fraction of sp³-hybridized carbons (Fsp3) is 1.00. The van der Waals surface area contributed by atoms with Crippen LogP contribution in [0.25, 0.3) is 0 Å². The van der Waals surface area contributed by atoms with Crippen molar-refractivity contribution in [1.29, 1.82) is 0 Å². The molecular weight excluding hydrogens is 196 g/mol. The van der Waals surface area contributed by atoms with E-state index in [1.165, 1.54) is 45.2 Å². The van der Waals surface area contributed by atoms with Crippen molar-refractivity contribution in [1.82, 2.24) is 4.90 Å². The number of piperidine rings is 1. The largest absolute Gasteiger partial charge is 0.329 e. The molecule has 0 spiro atoms. The molecule has 0 radical (unpaired) electrons. The third-order valence-electron chi connectivity index (χ3n) is 5.05. The zero-order valence-electron chi connectivity index (χ0n) is 11.3. The summed E-state index contributed by atoms with van der Waals surface area (Å²) in [5.74, 6) is 0.892. The van der Waals surface area contributed by atoms with E-state index in [9.17, 15) is 0 Å². The lowest BCUT2D eigenvalue weighted by Crippen LogP contribution is -2.58. The molecule has 2 N–H and O–H groups in total. The first-order valence-electron chi connectivity index (χ1n) is 6.99. The summed E-state index contributed by atoms with van der Waals surface area (Å²) >= 11 is 0. The highest BCUT2D eigenvalue weighted by Crippen LogP contribution is 2.46.